The van der Waals surface area contributed by atoms with E-state index in [1.165, 1.54) is 0 Å². The quantitative estimate of drug-likeness (QED) is 0.149. The third-order valence-corrected chi connectivity index (χ3v) is 13.3. The van der Waals surface area contributed by atoms with Gasteiger partial charge < -0.3 is 9.53 Å². The van der Waals surface area contributed by atoms with Gasteiger partial charge in [0, 0.05) is 13.2 Å². The average Bonchev–Trinajstić information content (AvgIpc) is 2.68. The van der Waals surface area contributed by atoms with Gasteiger partial charge in [0.2, 0.25) is 0 Å². The minimum atomic E-state index is -3.37. The third-order valence-electron chi connectivity index (χ3n) is 5.95. The molecule has 0 amide bonds. The molecule has 0 aromatic carbocycles. The molecule has 0 bridgehead atoms. The molecule has 0 saturated heterocycles. The second-order valence-corrected chi connectivity index (χ2v) is 18.5. The lowest BCUT2D eigenvalue weighted by molar-refractivity contribution is 0.176. The Hall–Kier alpha value is -0.0431. The van der Waals surface area contributed by atoms with Crippen LogP contribution in [0.15, 0.2) is 0 Å². The highest BCUT2D eigenvalue weighted by Crippen LogP contribution is 2.42. The van der Waals surface area contributed by atoms with Crippen LogP contribution < -0.4 is 0 Å². The number of aliphatic hydroxyl groups excluding tert-OH is 1. The Labute approximate surface area is 211 Å². The predicted octanol–water partition coefficient (Wildman–Crippen LogP) is 5.23. The van der Waals surface area contributed by atoms with Crippen molar-refractivity contribution in [1.29, 1.82) is 0 Å². The molecular formula is C23H52O8S2Si. The van der Waals surface area contributed by atoms with Crippen molar-refractivity contribution >= 4 is 28.6 Å². The summed E-state index contributed by atoms with van der Waals surface area (Å²) in [6.07, 6.45) is 5.71. The molecule has 208 valence electrons. The minimum Gasteiger partial charge on any atom is -0.416 e. The van der Waals surface area contributed by atoms with Gasteiger partial charge in [-0.15, -0.1) is 0 Å². The topological polar surface area (TPSA) is 116 Å². The molecule has 2 atom stereocenters. The van der Waals surface area contributed by atoms with Gasteiger partial charge >= 0.3 is 0 Å². The van der Waals surface area contributed by atoms with Crippen LogP contribution in [0, 0.1) is 0 Å². The largest absolute Gasteiger partial charge is 0.416 e. The summed E-state index contributed by atoms with van der Waals surface area (Å²) < 4.78 is 60.1. The van der Waals surface area contributed by atoms with Gasteiger partial charge in [-0.25, -0.2) is 0 Å². The van der Waals surface area contributed by atoms with Crippen molar-refractivity contribution in [3.8, 4) is 0 Å². The standard InChI is InChI=1S/C16H36O4SSi.C7H16O4S/c1-9-16(20-21(8,17)18)11-10-12-19-22(13(2)3,14(4)5)15(6)7;1-3-7(5-4-6-8)11-12(2,9)10/h13-16H,9-12H2,1-8H3;7-8H,3-6H2,1-2H3. The maximum Gasteiger partial charge on any atom is 0.264 e. The molecule has 0 spiro atoms. The highest BCUT2D eigenvalue weighted by Gasteiger charge is 2.44. The molecule has 0 aromatic rings. The Balaban J connectivity index is 0. The van der Waals surface area contributed by atoms with E-state index in [0.717, 1.165) is 25.4 Å². The molecule has 11 heteroatoms. The van der Waals surface area contributed by atoms with Crippen LogP contribution in [-0.2, 0) is 33.0 Å². The maximum atomic E-state index is 11.2. The van der Waals surface area contributed by atoms with E-state index in [-0.39, 0.29) is 18.8 Å². The summed E-state index contributed by atoms with van der Waals surface area (Å²) in [5.74, 6) is 0. The summed E-state index contributed by atoms with van der Waals surface area (Å²) in [5, 5.41) is 8.50. The first-order valence-corrected chi connectivity index (χ1v) is 18.2. The zero-order valence-electron chi connectivity index (χ0n) is 23.2. The molecule has 0 radical (unpaired) electrons. The number of hydrogen-bond acceptors (Lipinski definition) is 8. The fraction of sp³-hybridized carbons (Fsp3) is 1.00. The molecule has 8 nitrogen and oxygen atoms in total. The van der Waals surface area contributed by atoms with Crippen LogP contribution in [0.2, 0.25) is 16.6 Å². The fourth-order valence-electron chi connectivity index (χ4n) is 4.51. The maximum absolute atomic E-state index is 11.2. The Morgan fingerprint density at radius 2 is 1.06 bits per heavy atom. The normalized spacial score (nSPS) is 14.9. The Morgan fingerprint density at radius 1 is 0.706 bits per heavy atom. The second kappa shape index (κ2) is 17.4. The van der Waals surface area contributed by atoms with Crippen molar-refractivity contribution in [2.75, 3.05) is 25.7 Å². The smallest absolute Gasteiger partial charge is 0.264 e. The molecule has 0 aliphatic heterocycles. The van der Waals surface area contributed by atoms with E-state index in [1.807, 2.05) is 13.8 Å². The zero-order chi connectivity index (χ0) is 27.2. The first-order chi connectivity index (χ1) is 15.5. The summed E-state index contributed by atoms with van der Waals surface area (Å²) >= 11 is 0. The molecular weight excluding hydrogens is 496 g/mol. The lowest BCUT2D eigenvalue weighted by Gasteiger charge is -2.42. The lowest BCUT2D eigenvalue weighted by atomic mass is 10.2. The van der Waals surface area contributed by atoms with E-state index in [9.17, 15) is 16.8 Å². The van der Waals surface area contributed by atoms with Crippen molar-refractivity contribution < 1.29 is 34.7 Å². The van der Waals surface area contributed by atoms with E-state index in [4.69, 9.17) is 17.9 Å². The van der Waals surface area contributed by atoms with Gasteiger partial charge in [-0.05, 0) is 55.1 Å². The van der Waals surface area contributed by atoms with Crippen molar-refractivity contribution in [1.82, 2.24) is 0 Å². The summed E-state index contributed by atoms with van der Waals surface area (Å²) in [7, 11) is -8.54. The van der Waals surface area contributed by atoms with E-state index < -0.39 is 28.6 Å². The summed E-state index contributed by atoms with van der Waals surface area (Å²) in [6, 6.07) is 0. The summed E-state index contributed by atoms with van der Waals surface area (Å²) in [6.45, 7) is 18.2. The van der Waals surface area contributed by atoms with Crippen molar-refractivity contribution in [3.63, 3.8) is 0 Å². The monoisotopic (exact) mass is 548 g/mol. The van der Waals surface area contributed by atoms with Gasteiger partial charge in [0.1, 0.15) is 0 Å². The minimum absolute atomic E-state index is 0.0730. The number of hydrogen-bond donors (Lipinski definition) is 1. The van der Waals surface area contributed by atoms with Gasteiger partial charge in [0.05, 0.1) is 24.7 Å². The Bertz CT molecular complexity index is 699. The number of aliphatic hydroxyl groups is 1. The Kier molecular flexibility index (Phi) is 18.5. The van der Waals surface area contributed by atoms with Crippen LogP contribution in [0.4, 0.5) is 0 Å². The lowest BCUT2D eigenvalue weighted by Crippen LogP contribution is -2.48. The van der Waals surface area contributed by atoms with Crippen molar-refractivity contribution in [2.45, 2.75) is 123 Å². The van der Waals surface area contributed by atoms with Gasteiger partial charge in [0.25, 0.3) is 20.2 Å². The van der Waals surface area contributed by atoms with Gasteiger partial charge in [-0.2, -0.15) is 16.8 Å². The van der Waals surface area contributed by atoms with Gasteiger partial charge in [-0.1, -0.05) is 55.4 Å². The zero-order valence-corrected chi connectivity index (χ0v) is 25.8. The van der Waals surface area contributed by atoms with Crippen LogP contribution in [0.25, 0.3) is 0 Å². The fourth-order valence-corrected chi connectivity index (χ4v) is 11.5. The van der Waals surface area contributed by atoms with Gasteiger partial charge in [0.15, 0.2) is 8.32 Å². The molecule has 0 rings (SSSR count). The molecule has 34 heavy (non-hydrogen) atoms. The van der Waals surface area contributed by atoms with E-state index in [1.54, 1.807) is 0 Å². The molecule has 2 unspecified atom stereocenters. The Morgan fingerprint density at radius 3 is 1.32 bits per heavy atom. The molecule has 1 N–H and O–H groups in total. The highest BCUT2D eigenvalue weighted by atomic mass is 32.2. The van der Waals surface area contributed by atoms with Gasteiger partial charge in [-0.3, -0.25) is 8.37 Å². The van der Waals surface area contributed by atoms with Crippen molar-refractivity contribution in [2.24, 2.45) is 0 Å². The van der Waals surface area contributed by atoms with E-state index >= 15 is 0 Å². The third kappa shape index (κ3) is 15.8. The molecule has 0 aromatic heterocycles. The van der Waals surface area contributed by atoms with Crippen LogP contribution in [-0.4, -0.2) is 68.2 Å². The second-order valence-electron chi connectivity index (χ2n) is 9.84. The van der Waals surface area contributed by atoms with Crippen LogP contribution in [0.3, 0.4) is 0 Å². The molecule has 0 saturated carbocycles. The first kappa shape index (κ1) is 36.1. The summed E-state index contributed by atoms with van der Waals surface area (Å²) in [4.78, 5) is 0. The van der Waals surface area contributed by atoms with E-state index in [0.29, 0.717) is 48.9 Å². The average molecular weight is 549 g/mol. The van der Waals surface area contributed by atoms with E-state index in [2.05, 4.69) is 41.5 Å². The predicted molar refractivity (Wildman–Crippen MR) is 143 cm³/mol. The van der Waals surface area contributed by atoms with Crippen LogP contribution in [0.5, 0.6) is 0 Å². The molecule has 0 aliphatic rings. The first-order valence-electron chi connectivity index (χ1n) is 12.5. The molecule has 0 heterocycles. The molecule has 0 fully saturated rings. The van der Waals surface area contributed by atoms with Crippen molar-refractivity contribution in [3.05, 3.63) is 0 Å². The highest BCUT2D eigenvalue weighted by molar-refractivity contribution is 7.86. The summed E-state index contributed by atoms with van der Waals surface area (Å²) in [5.41, 5.74) is 1.71. The van der Waals surface area contributed by atoms with Crippen LogP contribution >= 0.6 is 0 Å². The van der Waals surface area contributed by atoms with Crippen LogP contribution in [0.1, 0.15) is 93.9 Å². The molecule has 0 aliphatic carbocycles. The SMILES string of the molecule is CCC(CCCO)OS(C)(=O)=O.CCC(CCCO[Si](C(C)C)(C(C)C)C(C)C)OS(C)(=O)=O. The number of rotatable bonds is 17.